The van der Waals surface area contributed by atoms with Crippen LogP contribution in [0.25, 0.3) is 11.1 Å². The molecule has 0 unspecified atom stereocenters. The fourth-order valence-corrected chi connectivity index (χ4v) is 3.57. The summed E-state index contributed by atoms with van der Waals surface area (Å²) in [6, 6.07) is 14.4. The number of amides is 2. The summed E-state index contributed by atoms with van der Waals surface area (Å²) in [5.41, 5.74) is 5.13. The zero-order chi connectivity index (χ0) is 19.5. The normalized spacial score (nSPS) is 14.9. The molecular formula is C22H24N4O2. The quantitative estimate of drug-likeness (QED) is 0.715. The predicted octanol–water partition coefficient (Wildman–Crippen LogP) is 4.76. The number of rotatable bonds is 3. The molecular weight excluding hydrogens is 352 g/mol. The van der Waals surface area contributed by atoms with Gasteiger partial charge in [-0.1, -0.05) is 35.5 Å². The van der Waals surface area contributed by atoms with E-state index >= 15 is 0 Å². The fraction of sp³-hybridized carbons (Fsp3) is 0.318. The van der Waals surface area contributed by atoms with E-state index in [9.17, 15) is 4.79 Å². The van der Waals surface area contributed by atoms with Crippen molar-refractivity contribution in [3.63, 3.8) is 0 Å². The Hall–Kier alpha value is -3.15. The minimum Gasteiger partial charge on any atom is -0.338 e. The molecule has 1 saturated heterocycles. The predicted molar refractivity (Wildman–Crippen MR) is 108 cm³/mol. The smallest absolute Gasteiger partial charge is 0.324 e. The van der Waals surface area contributed by atoms with E-state index in [2.05, 4.69) is 33.7 Å². The van der Waals surface area contributed by atoms with Crippen LogP contribution >= 0.6 is 0 Å². The molecule has 0 atom stereocenters. The number of carbonyl (C=O) groups is 1. The Labute approximate surface area is 164 Å². The molecule has 1 fully saturated rings. The molecule has 1 aliphatic heterocycles. The van der Waals surface area contributed by atoms with Gasteiger partial charge < -0.3 is 9.42 Å². The fourth-order valence-electron chi connectivity index (χ4n) is 3.57. The van der Waals surface area contributed by atoms with Crippen LogP contribution < -0.4 is 5.32 Å². The lowest BCUT2D eigenvalue weighted by atomic mass is 9.91. The number of anilines is 1. The second kappa shape index (κ2) is 7.84. The zero-order valence-electron chi connectivity index (χ0n) is 16.2. The van der Waals surface area contributed by atoms with Crippen LogP contribution in [0.1, 0.15) is 35.7 Å². The van der Waals surface area contributed by atoms with Gasteiger partial charge in [0.2, 0.25) is 5.88 Å². The average Bonchev–Trinajstić information content (AvgIpc) is 3.06. The second-order valence-electron chi connectivity index (χ2n) is 7.25. The summed E-state index contributed by atoms with van der Waals surface area (Å²) >= 11 is 0. The van der Waals surface area contributed by atoms with E-state index in [-0.39, 0.29) is 6.03 Å². The van der Waals surface area contributed by atoms with Crippen molar-refractivity contribution in [1.82, 2.24) is 15.0 Å². The van der Waals surface area contributed by atoms with Crippen molar-refractivity contribution in [2.45, 2.75) is 32.6 Å². The Morgan fingerprint density at radius 3 is 2.54 bits per heavy atom. The maximum atomic E-state index is 12.5. The molecule has 2 aromatic heterocycles. The molecule has 0 saturated carbocycles. The van der Waals surface area contributed by atoms with E-state index in [1.54, 1.807) is 0 Å². The first-order valence-corrected chi connectivity index (χ1v) is 9.62. The summed E-state index contributed by atoms with van der Waals surface area (Å²) in [6.45, 7) is 5.13. The minimum atomic E-state index is -0.135. The third-order valence-corrected chi connectivity index (χ3v) is 5.47. The van der Waals surface area contributed by atoms with Crippen LogP contribution in [0.5, 0.6) is 0 Å². The highest BCUT2D eigenvalue weighted by Crippen LogP contribution is 2.30. The molecule has 1 N–H and O–H groups in total. The largest absolute Gasteiger partial charge is 0.338 e. The van der Waals surface area contributed by atoms with Crippen LogP contribution in [0.4, 0.5) is 10.7 Å². The van der Waals surface area contributed by atoms with Crippen LogP contribution in [-0.2, 0) is 0 Å². The SMILES string of the molecule is Cc1noc(NC(=O)N2CCC(c3cc(-c4ccccc4)ccn3)CC2)c1C. The van der Waals surface area contributed by atoms with E-state index in [0.29, 0.717) is 24.9 Å². The van der Waals surface area contributed by atoms with Crippen LogP contribution in [0.15, 0.2) is 53.2 Å². The van der Waals surface area contributed by atoms with E-state index in [0.717, 1.165) is 29.8 Å². The Morgan fingerprint density at radius 1 is 1.11 bits per heavy atom. The van der Waals surface area contributed by atoms with E-state index in [1.807, 2.05) is 49.2 Å². The molecule has 6 nitrogen and oxygen atoms in total. The van der Waals surface area contributed by atoms with Crippen molar-refractivity contribution >= 4 is 11.9 Å². The van der Waals surface area contributed by atoms with Crippen molar-refractivity contribution in [2.75, 3.05) is 18.4 Å². The lowest BCUT2D eigenvalue weighted by Crippen LogP contribution is -2.40. The molecule has 0 bridgehead atoms. The van der Waals surface area contributed by atoms with Gasteiger partial charge in [-0.05, 0) is 49.9 Å². The van der Waals surface area contributed by atoms with Gasteiger partial charge in [-0.3, -0.25) is 10.3 Å². The average molecular weight is 376 g/mol. The summed E-state index contributed by atoms with van der Waals surface area (Å²) in [5, 5.41) is 6.71. The van der Waals surface area contributed by atoms with Crippen LogP contribution in [0.2, 0.25) is 0 Å². The Bertz CT molecular complexity index is 960. The number of nitrogens with zero attached hydrogens (tertiary/aromatic N) is 3. The Morgan fingerprint density at radius 2 is 1.86 bits per heavy atom. The van der Waals surface area contributed by atoms with Gasteiger partial charge in [0.1, 0.15) is 0 Å². The van der Waals surface area contributed by atoms with Crippen LogP contribution in [-0.4, -0.2) is 34.2 Å². The number of urea groups is 1. The van der Waals surface area contributed by atoms with Crippen molar-refractivity contribution in [3.8, 4) is 11.1 Å². The summed E-state index contributed by atoms with van der Waals surface area (Å²) in [4.78, 5) is 18.9. The van der Waals surface area contributed by atoms with E-state index in [4.69, 9.17) is 4.52 Å². The van der Waals surface area contributed by atoms with Gasteiger partial charge in [-0.2, -0.15) is 0 Å². The first-order chi connectivity index (χ1) is 13.6. The van der Waals surface area contributed by atoms with Gasteiger partial charge in [-0.15, -0.1) is 0 Å². The number of hydrogen-bond acceptors (Lipinski definition) is 4. The highest BCUT2D eigenvalue weighted by molar-refractivity contribution is 5.88. The van der Waals surface area contributed by atoms with Crippen LogP contribution in [0.3, 0.4) is 0 Å². The summed E-state index contributed by atoms with van der Waals surface area (Å²) in [6.07, 6.45) is 3.67. The Kier molecular flexibility index (Phi) is 5.10. The highest BCUT2D eigenvalue weighted by Gasteiger charge is 2.26. The van der Waals surface area contributed by atoms with E-state index in [1.165, 1.54) is 11.1 Å². The number of carbonyl (C=O) groups excluding carboxylic acids is 1. The monoisotopic (exact) mass is 376 g/mol. The summed E-state index contributed by atoms with van der Waals surface area (Å²) < 4.78 is 5.18. The van der Waals surface area contributed by atoms with Crippen molar-refractivity contribution < 1.29 is 9.32 Å². The van der Waals surface area contributed by atoms with Crippen molar-refractivity contribution in [1.29, 1.82) is 0 Å². The van der Waals surface area contributed by atoms with Crippen molar-refractivity contribution in [3.05, 3.63) is 65.6 Å². The molecule has 28 heavy (non-hydrogen) atoms. The van der Waals surface area contributed by atoms with Crippen LogP contribution in [0, 0.1) is 13.8 Å². The van der Waals surface area contributed by atoms with Crippen molar-refractivity contribution in [2.24, 2.45) is 0 Å². The minimum absolute atomic E-state index is 0.135. The first kappa shape index (κ1) is 18.2. The van der Waals surface area contributed by atoms with Gasteiger partial charge in [0.15, 0.2) is 0 Å². The molecule has 0 aliphatic carbocycles. The third-order valence-electron chi connectivity index (χ3n) is 5.47. The standard InChI is InChI=1S/C22H24N4O2/c1-15-16(2)25-28-21(15)24-22(27)26-12-9-18(10-13-26)20-14-19(8-11-23-20)17-6-4-3-5-7-17/h3-8,11,14,18H,9-10,12-13H2,1-2H3,(H,24,27). The zero-order valence-corrected chi connectivity index (χ0v) is 16.2. The lowest BCUT2D eigenvalue weighted by Gasteiger charge is -2.31. The summed E-state index contributed by atoms with van der Waals surface area (Å²) in [7, 11) is 0. The maximum absolute atomic E-state index is 12.5. The second-order valence-corrected chi connectivity index (χ2v) is 7.25. The molecule has 4 rings (SSSR count). The number of aromatic nitrogens is 2. The molecule has 0 radical (unpaired) electrons. The number of likely N-dealkylation sites (tertiary alicyclic amines) is 1. The number of aryl methyl sites for hydroxylation is 1. The molecule has 1 aliphatic rings. The molecule has 6 heteroatoms. The molecule has 144 valence electrons. The summed E-state index contributed by atoms with van der Waals surface area (Å²) in [5.74, 6) is 0.795. The number of pyridine rings is 1. The molecule has 1 aromatic carbocycles. The first-order valence-electron chi connectivity index (χ1n) is 9.62. The topological polar surface area (TPSA) is 71.3 Å². The molecule has 3 heterocycles. The lowest BCUT2D eigenvalue weighted by molar-refractivity contribution is 0.193. The number of piperidine rings is 1. The molecule has 2 amide bonds. The number of hydrogen-bond donors (Lipinski definition) is 1. The molecule has 3 aromatic rings. The van der Waals surface area contributed by atoms with Gasteiger partial charge in [0.05, 0.1) is 5.69 Å². The number of benzene rings is 1. The van der Waals surface area contributed by atoms with Gasteiger partial charge in [0.25, 0.3) is 0 Å². The maximum Gasteiger partial charge on any atom is 0.324 e. The highest BCUT2D eigenvalue weighted by atomic mass is 16.5. The number of nitrogens with one attached hydrogen (secondary N) is 1. The van der Waals surface area contributed by atoms with Gasteiger partial charge >= 0.3 is 6.03 Å². The van der Waals surface area contributed by atoms with Gasteiger partial charge in [-0.25, -0.2) is 4.79 Å². The third kappa shape index (κ3) is 3.76. The molecule has 0 spiro atoms. The van der Waals surface area contributed by atoms with E-state index < -0.39 is 0 Å². The van der Waals surface area contributed by atoms with Gasteiger partial charge in [0, 0.05) is 36.5 Å². The Balaban J connectivity index is 1.39.